The molecule has 0 N–H and O–H groups in total. The molecule has 3 aliphatic rings. The van der Waals surface area contributed by atoms with Crippen LogP contribution in [0.2, 0.25) is 5.02 Å². The Hall–Kier alpha value is -3.32. The molecule has 2 saturated heterocycles. The van der Waals surface area contributed by atoms with Crippen molar-refractivity contribution in [1.29, 1.82) is 0 Å². The van der Waals surface area contributed by atoms with Crippen LogP contribution < -0.4 is 9.64 Å². The molecule has 1 atom stereocenters. The second-order valence-corrected chi connectivity index (χ2v) is 12.0. The van der Waals surface area contributed by atoms with E-state index in [0.717, 1.165) is 0 Å². The molecule has 2 amide bonds. The van der Waals surface area contributed by atoms with Gasteiger partial charge < -0.3 is 28.9 Å². The smallest absolute Gasteiger partial charge is 0.418 e. The molecule has 2 aromatic heterocycles. The molecule has 0 radical (unpaired) electrons. The number of anilines is 1. The Kier molecular flexibility index (Phi) is 7.94. The Bertz CT molecular complexity index is 1410. The molecular weight excluding hydrogens is 579 g/mol. The number of rotatable bonds is 2. The first kappa shape index (κ1) is 30.1. The van der Waals surface area contributed by atoms with Crippen LogP contribution in [0.1, 0.15) is 48.0 Å². The van der Waals surface area contributed by atoms with Crippen LogP contribution in [-0.4, -0.2) is 96.0 Å². The van der Waals surface area contributed by atoms with Crippen molar-refractivity contribution in [2.45, 2.75) is 52.4 Å². The molecular formula is C28H33ClF3N5O5. The zero-order valence-electron chi connectivity index (χ0n) is 24.1. The second kappa shape index (κ2) is 11.1. The Morgan fingerprint density at radius 1 is 1.07 bits per heavy atom. The van der Waals surface area contributed by atoms with Gasteiger partial charge in [-0.15, -0.1) is 0 Å². The second-order valence-electron chi connectivity index (χ2n) is 11.6. The number of halogens is 4. The Balaban J connectivity index is 1.62. The standard InChI is InChI=1S/C28H33ClF3N5O5/c1-15-12-16(2)33-21(19(15)28(30,31)32)22-20(29)23-18(24(34-22)35-8-10-40-11-9-35)25(38)37-7-6-36(13-17(37)14-41-23)26(39)42-27(3,4)5/h12,17H,6-11,13-14H2,1-5H3/t17-/m1/s1. The number of morpholine rings is 1. The fourth-order valence-electron chi connectivity index (χ4n) is 5.47. The largest absolute Gasteiger partial charge is 0.489 e. The number of hydrogen-bond donors (Lipinski definition) is 0. The molecule has 0 aliphatic carbocycles. The lowest BCUT2D eigenvalue weighted by Crippen LogP contribution is -2.58. The van der Waals surface area contributed by atoms with E-state index in [4.69, 9.17) is 25.8 Å². The third-order valence-corrected chi connectivity index (χ3v) is 7.62. The maximum absolute atomic E-state index is 14.3. The molecule has 228 valence electrons. The first-order chi connectivity index (χ1) is 19.7. The predicted octanol–water partition coefficient (Wildman–Crippen LogP) is 4.72. The van der Waals surface area contributed by atoms with E-state index in [0.29, 0.717) is 32.0 Å². The molecule has 0 aromatic carbocycles. The van der Waals surface area contributed by atoms with Gasteiger partial charge in [-0.25, -0.2) is 9.78 Å². The van der Waals surface area contributed by atoms with Gasteiger partial charge in [0.05, 0.1) is 24.8 Å². The van der Waals surface area contributed by atoms with E-state index in [-0.39, 0.29) is 59.7 Å². The number of pyridine rings is 2. The van der Waals surface area contributed by atoms with Gasteiger partial charge in [0, 0.05) is 38.4 Å². The van der Waals surface area contributed by atoms with Crippen molar-refractivity contribution in [3.63, 3.8) is 0 Å². The molecule has 3 aliphatic heterocycles. The first-order valence-corrected chi connectivity index (χ1v) is 14.1. The number of aromatic nitrogens is 2. The van der Waals surface area contributed by atoms with Crippen molar-refractivity contribution in [3.8, 4) is 17.1 Å². The summed E-state index contributed by atoms with van der Waals surface area (Å²) in [4.78, 5) is 40.6. The summed E-state index contributed by atoms with van der Waals surface area (Å²) in [5, 5.41) is -0.234. The quantitative estimate of drug-likeness (QED) is 0.481. The fraction of sp³-hybridized carbons (Fsp3) is 0.571. The van der Waals surface area contributed by atoms with Crippen LogP contribution in [-0.2, 0) is 15.7 Å². The van der Waals surface area contributed by atoms with Gasteiger partial charge in [0.2, 0.25) is 0 Å². The van der Waals surface area contributed by atoms with E-state index in [9.17, 15) is 22.8 Å². The molecule has 2 aromatic rings. The van der Waals surface area contributed by atoms with Crippen LogP contribution in [0.3, 0.4) is 0 Å². The minimum absolute atomic E-state index is 0.0258. The number of nitrogens with zero attached hydrogens (tertiary/aromatic N) is 5. The van der Waals surface area contributed by atoms with E-state index >= 15 is 0 Å². The molecule has 10 nitrogen and oxygen atoms in total. The summed E-state index contributed by atoms with van der Waals surface area (Å²) in [6, 6.07) is 0.800. The Morgan fingerprint density at radius 2 is 1.76 bits per heavy atom. The van der Waals surface area contributed by atoms with E-state index < -0.39 is 41.1 Å². The van der Waals surface area contributed by atoms with Crippen molar-refractivity contribution in [3.05, 3.63) is 33.5 Å². The van der Waals surface area contributed by atoms with Gasteiger partial charge in [0.15, 0.2) is 5.75 Å². The third-order valence-electron chi connectivity index (χ3n) is 7.27. The highest BCUT2D eigenvalue weighted by Gasteiger charge is 2.43. The van der Waals surface area contributed by atoms with Crippen molar-refractivity contribution in [2.24, 2.45) is 0 Å². The molecule has 42 heavy (non-hydrogen) atoms. The highest BCUT2D eigenvalue weighted by Crippen LogP contribution is 2.46. The maximum atomic E-state index is 14.3. The summed E-state index contributed by atoms with van der Waals surface area (Å²) >= 11 is 6.79. The average Bonchev–Trinajstić information content (AvgIpc) is 3.04. The third kappa shape index (κ3) is 5.81. The molecule has 5 rings (SSSR count). The summed E-state index contributed by atoms with van der Waals surface area (Å²) in [6.07, 6.45) is -5.24. The minimum Gasteiger partial charge on any atom is -0.489 e. The summed E-state index contributed by atoms with van der Waals surface area (Å²) in [5.41, 5.74) is -1.91. The number of fused-ring (bicyclic) bond motifs is 2. The van der Waals surface area contributed by atoms with Gasteiger partial charge in [-0.2, -0.15) is 13.2 Å². The van der Waals surface area contributed by atoms with Crippen molar-refractivity contribution >= 4 is 29.4 Å². The highest BCUT2D eigenvalue weighted by molar-refractivity contribution is 6.35. The van der Waals surface area contributed by atoms with E-state index in [1.807, 2.05) is 0 Å². The zero-order valence-corrected chi connectivity index (χ0v) is 24.9. The van der Waals surface area contributed by atoms with Gasteiger partial charge in [-0.05, 0) is 46.2 Å². The van der Waals surface area contributed by atoms with Crippen LogP contribution in [0.4, 0.5) is 23.8 Å². The SMILES string of the molecule is Cc1cc(C)c(C(F)(F)F)c(-c2nc(N3CCOCC3)c3c(c2Cl)OC[C@H]2CN(C(=O)OC(C)(C)C)CCN2C3=O)n1. The normalized spacial score (nSPS) is 19.6. The van der Waals surface area contributed by atoms with Crippen LogP contribution in [0.25, 0.3) is 11.4 Å². The predicted molar refractivity (Wildman–Crippen MR) is 148 cm³/mol. The monoisotopic (exact) mass is 611 g/mol. The lowest BCUT2D eigenvalue weighted by molar-refractivity contribution is -0.137. The Labute approximate surface area is 246 Å². The zero-order chi connectivity index (χ0) is 30.6. The molecule has 5 heterocycles. The first-order valence-electron chi connectivity index (χ1n) is 13.7. The summed E-state index contributed by atoms with van der Waals surface area (Å²) in [7, 11) is 0. The topological polar surface area (TPSA) is 97.3 Å². The lowest BCUT2D eigenvalue weighted by atomic mass is 10.0. The van der Waals surface area contributed by atoms with Gasteiger partial charge in [-0.3, -0.25) is 9.78 Å². The number of aryl methyl sites for hydroxylation is 2. The number of amides is 2. The molecule has 2 fully saturated rings. The Morgan fingerprint density at radius 3 is 2.40 bits per heavy atom. The number of carbonyl (C=O) groups excluding carboxylic acids is 2. The van der Waals surface area contributed by atoms with E-state index in [1.54, 1.807) is 37.5 Å². The van der Waals surface area contributed by atoms with Crippen molar-refractivity contribution in [1.82, 2.24) is 19.8 Å². The summed E-state index contributed by atoms with van der Waals surface area (Å²) in [6.45, 7) is 10.2. The fourth-order valence-corrected chi connectivity index (χ4v) is 5.75. The molecule has 0 saturated carbocycles. The van der Waals surface area contributed by atoms with Crippen LogP contribution in [0, 0.1) is 13.8 Å². The molecule has 0 spiro atoms. The average molecular weight is 612 g/mol. The molecule has 14 heteroatoms. The van der Waals surface area contributed by atoms with Crippen LogP contribution >= 0.6 is 11.6 Å². The summed E-state index contributed by atoms with van der Waals surface area (Å²) < 4.78 is 60.1. The van der Waals surface area contributed by atoms with E-state index in [2.05, 4.69) is 9.97 Å². The number of carbonyl (C=O) groups is 2. The number of ether oxygens (including phenoxy) is 3. The van der Waals surface area contributed by atoms with Crippen molar-refractivity contribution < 1.29 is 37.0 Å². The van der Waals surface area contributed by atoms with Gasteiger partial charge >= 0.3 is 12.3 Å². The van der Waals surface area contributed by atoms with Crippen LogP contribution in [0.15, 0.2) is 6.07 Å². The maximum Gasteiger partial charge on any atom is 0.418 e. The molecule has 0 unspecified atom stereocenters. The van der Waals surface area contributed by atoms with E-state index in [1.165, 1.54) is 17.9 Å². The van der Waals surface area contributed by atoms with Gasteiger partial charge in [-0.1, -0.05) is 11.6 Å². The number of piperazine rings is 1. The highest BCUT2D eigenvalue weighted by atomic mass is 35.5. The van der Waals surface area contributed by atoms with Crippen LogP contribution in [0.5, 0.6) is 5.75 Å². The van der Waals surface area contributed by atoms with Gasteiger partial charge in [0.25, 0.3) is 5.91 Å². The number of hydrogen-bond acceptors (Lipinski definition) is 8. The molecule has 0 bridgehead atoms. The minimum atomic E-state index is -4.74. The van der Waals surface area contributed by atoms with Crippen molar-refractivity contribution in [2.75, 3.05) is 57.4 Å². The summed E-state index contributed by atoms with van der Waals surface area (Å²) in [5.74, 6) is -0.328. The van der Waals surface area contributed by atoms with Gasteiger partial charge in [0.1, 0.15) is 40.0 Å². The number of alkyl halides is 3. The lowest BCUT2D eigenvalue weighted by Gasteiger charge is -2.40.